The molecule has 4 rings (SSSR count). The number of hydrogen-bond donors (Lipinski definition) is 1. The fourth-order valence-corrected chi connectivity index (χ4v) is 3.69. The van der Waals surface area contributed by atoms with Crippen molar-refractivity contribution in [2.45, 2.75) is 25.1 Å². The summed E-state index contributed by atoms with van der Waals surface area (Å²) in [6.45, 7) is 0.190. The zero-order chi connectivity index (χ0) is 22.4. The minimum absolute atomic E-state index is 0.190. The molecule has 1 aliphatic rings. The molecule has 2 aromatic carbocycles. The molecule has 0 radical (unpaired) electrons. The standard InChI is InChI=1S/C21H18F5N3O2/c1-29-17-8-14(19(30)27-11-12-9-20(22,23)10-12)4-7-16(17)18(28-29)13-2-5-15(6-3-13)31-21(24,25)26/h2-8,12H,9-11H2,1H3,(H,27,30). The molecule has 0 unspecified atom stereocenters. The van der Waals surface area contributed by atoms with E-state index in [0.717, 1.165) is 0 Å². The van der Waals surface area contributed by atoms with Gasteiger partial charge in [-0.2, -0.15) is 5.10 Å². The van der Waals surface area contributed by atoms with Crippen LogP contribution in [0.1, 0.15) is 23.2 Å². The quantitative estimate of drug-likeness (QED) is 0.575. The van der Waals surface area contributed by atoms with Crippen LogP contribution in [0.4, 0.5) is 22.0 Å². The van der Waals surface area contributed by atoms with E-state index in [4.69, 9.17) is 0 Å². The molecule has 5 nitrogen and oxygen atoms in total. The molecule has 0 spiro atoms. The Balaban J connectivity index is 1.51. The van der Waals surface area contributed by atoms with Crippen LogP contribution in [0.2, 0.25) is 0 Å². The predicted octanol–water partition coefficient (Wildman–Crippen LogP) is 4.91. The van der Waals surface area contributed by atoms with Gasteiger partial charge < -0.3 is 10.1 Å². The summed E-state index contributed by atoms with van der Waals surface area (Å²) in [6.07, 6.45) is -5.20. The maximum atomic E-state index is 12.9. The van der Waals surface area contributed by atoms with Crippen molar-refractivity contribution in [3.05, 3.63) is 48.0 Å². The summed E-state index contributed by atoms with van der Waals surface area (Å²) in [5.41, 5.74) is 2.14. The molecule has 0 bridgehead atoms. The van der Waals surface area contributed by atoms with Crippen molar-refractivity contribution in [1.82, 2.24) is 15.1 Å². The lowest BCUT2D eigenvalue weighted by atomic mass is 9.81. The monoisotopic (exact) mass is 439 g/mol. The van der Waals surface area contributed by atoms with Gasteiger partial charge in [0.25, 0.3) is 5.91 Å². The third kappa shape index (κ3) is 4.62. The number of ether oxygens (including phenoxy) is 1. The predicted molar refractivity (Wildman–Crippen MR) is 103 cm³/mol. The summed E-state index contributed by atoms with van der Waals surface area (Å²) in [6, 6.07) is 10.3. The Labute approximate surface area is 173 Å². The number of alkyl halides is 5. The first kappa shape index (κ1) is 21.1. The number of aryl methyl sites for hydroxylation is 1. The van der Waals surface area contributed by atoms with E-state index in [9.17, 15) is 26.7 Å². The number of hydrogen-bond acceptors (Lipinski definition) is 3. The van der Waals surface area contributed by atoms with E-state index in [0.29, 0.717) is 27.7 Å². The molecule has 1 heterocycles. The van der Waals surface area contributed by atoms with Crippen LogP contribution >= 0.6 is 0 Å². The third-order valence-electron chi connectivity index (χ3n) is 5.20. The van der Waals surface area contributed by atoms with Gasteiger partial charge in [-0.3, -0.25) is 9.48 Å². The van der Waals surface area contributed by atoms with Crippen LogP contribution in [0.25, 0.3) is 22.2 Å². The molecular formula is C21H18F5N3O2. The number of rotatable bonds is 5. The topological polar surface area (TPSA) is 56.2 Å². The SMILES string of the molecule is Cn1nc(-c2ccc(OC(F)(F)F)cc2)c2ccc(C(=O)NCC3CC(F)(F)C3)cc21. The molecule has 0 aliphatic heterocycles. The summed E-state index contributed by atoms with van der Waals surface area (Å²) >= 11 is 0. The van der Waals surface area contributed by atoms with Crippen LogP contribution in [-0.2, 0) is 7.05 Å². The van der Waals surface area contributed by atoms with Crippen LogP contribution in [0.5, 0.6) is 5.75 Å². The van der Waals surface area contributed by atoms with Gasteiger partial charge in [0.15, 0.2) is 0 Å². The lowest BCUT2D eigenvalue weighted by molar-refractivity contribution is -0.274. The first-order valence-corrected chi connectivity index (χ1v) is 9.50. The van der Waals surface area contributed by atoms with Crippen molar-refractivity contribution in [2.24, 2.45) is 13.0 Å². The average molecular weight is 439 g/mol. The Hall–Kier alpha value is -3.17. The number of amides is 1. The number of carbonyl (C=O) groups is 1. The second-order valence-corrected chi connectivity index (χ2v) is 7.62. The normalized spacial score (nSPS) is 16.2. The van der Waals surface area contributed by atoms with Gasteiger partial charge in [-0.1, -0.05) is 0 Å². The minimum atomic E-state index is -4.77. The number of fused-ring (bicyclic) bond motifs is 1. The zero-order valence-corrected chi connectivity index (χ0v) is 16.3. The van der Waals surface area contributed by atoms with Crippen molar-refractivity contribution in [1.29, 1.82) is 0 Å². The Morgan fingerprint density at radius 3 is 2.48 bits per heavy atom. The van der Waals surface area contributed by atoms with Crippen molar-refractivity contribution in [3.8, 4) is 17.0 Å². The van der Waals surface area contributed by atoms with E-state index in [1.54, 1.807) is 29.9 Å². The second-order valence-electron chi connectivity index (χ2n) is 7.62. The van der Waals surface area contributed by atoms with Gasteiger partial charge in [-0.05, 0) is 48.4 Å². The molecule has 164 valence electrons. The zero-order valence-electron chi connectivity index (χ0n) is 16.3. The molecule has 1 fully saturated rings. The van der Waals surface area contributed by atoms with Crippen molar-refractivity contribution in [3.63, 3.8) is 0 Å². The highest BCUT2D eigenvalue weighted by molar-refractivity contribution is 6.01. The van der Waals surface area contributed by atoms with E-state index < -0.39 is 12.3 Å². The lowest BCUT2D eigenvalue weighted by Crippen LogP contribution is -2.42. The van der Waals surface area contributed by atoms with Gasteiger partial charge in [0.05, 0.1) is 5.52 Å². The molecule has 1 aliphatic carbocycles. The molecule has 0 saturated heterocycles. The number of nitrogens with zero attached hydrogens (tertiary/aromatic N) is 2. The average Bonchev–Trinajstić information content (AvgIpc) is 3.00. The van der Waals surface area contributed by atoms with Crippen LogP contribution in [-0.4, -0.2) is 34.5 Å². The van der Waals surface area contributed by atoms with E-state index in [1.807, 2.05) is 0 Å². The second kappa shape index (κ2) is 7.51. The largest absolute Gasteiger partial charge is 0.573 e. The molecule has 1 amide bonds. The highest BCUT2D eigenvalue weighted by atomic mass is 19.4. The Kier molecular flexibility index (Phi) is 5.10. The molecule has 10 heteroatoms. The van der Waals surface area contributed by atoms with E-state index >= 15 is 0 Å². The summed E-state index contributed by atoms with van der Waals surface area (Å²) < 4.78 is 68.3. The Morgan fingerprint density at radius 2 is 1.87 bits per heavy atom. The van der Waals surface area contributed by atoms with Gasteiger partial charge in [-0.25, -0.2) is 8.78 Å². The first-order chi connectivity index (χ1) is 14.5. The lowest BCUT2D eigenvalue weighted by Gasteiger charge is -2.34. The molecule has 1 saturated carbocycles. The fourth-order valence-electron chi connectivity index (χ4n) is 3.69. The van der Waals surface area contributed by atoms with Gasteiger partial charge in [0.2, 0.25) is 5.92 Å². The van der Waals surface area contributed by atoms with Crippen molar-refractivity contribution >= 4 is 16.8 Å². The summed E-state index contributed by atoms with van der Waals surface area (Å²) in [4.78, 5) is 12.4. The first-order valence-electron chi connectivity index (χ1n) is 9.50. The highest BCUT2D eigenvalue weighted by Gasteiger charge is 2.45. The van der Waals surface area contributed by atoms with E-state index in [1.165, 1.54) is 24.3 Å². The maximum Gasteiger partial charge on any atom is 0.573 e. The number of nitrogens with one attached hydrogen (secondary N) is 1. The molecule has 0 atom stereocenters. The van der Waals surface area contributed by atoms with Gasteiger partial charge in [-0.15, -0.1) is 13.2 Å². The minimum Gasteiger partial charge on any atom is -0.406 e. The smallest absolute Gasteiger partial charge is 0.406 e. The molecular weight excluding hydrogens is 421 g/mol. The van der Waals surface area contributed by atoms with Gasteiger partial charge >= 0.3 is 6.36 Å². The van der Waals surface area contributed by atoms with Gasteiger partial charge in [0, 0.05) is 42.9 Å². The fraction of sp³-hybridized carbons (Fsp3) is 0.333. The van der Waals surface area contributed by atoms with Crippen molar-refractivity contribution in [2.75, 3.05) is 6.54 Å². The van der Waals surface area contributed by atoms with Crippen LogP contribution in [0.3, 0.4) is 0 Å². The summed E-state index contributed by atoms with van der Waals surface area (Å²) in [5, 5.41) is 7.80. The Morgan fingerprint density at radius 1 is 1.19 bits per heavy atom. The number of halogens is 5. The maximum absolute atomic E-state index is 12.9. The van der Waals surface area contributed by atoms with Crippen LogP contribution in [0, 0.1) is 5.92 Å². The van der Waals surface area contributed by atoms with Gasteiger partial charge in [0.1, 0.15) is 11.4 Å². The van der Waals surface area contributed by atoms with E-state index in [-0.39, 0.29) is 37.0 Å². The summed E-state index contributed by atoms with van der Waals surface area (Å²) in [5.74, 6) is -3.56. The Bertz CT molecular complexity index is 1110. The number of carbonyl (C=O) groups excluding carboxylic acids is 1. The molecule has 31 heavy (non-hydrogen) atoms. The number of benzene rings is 2. The highest BCUT2D eigenvalue weighted by Crippen LogP contribution is 2.41. The molecule has 3 aromatic rings. The third-order valence-corrected chi connectivity index (χ3v) is 5.20. The van der Waals surface area contributed by atoms with Crippen LogP contribution < -0.4 is 10.1 Å². The van der Waals surface area contributed by atoms with E-state index in [2.05, 4.69) is 15.2 Å². The molecule has 1 N–H and O–H groups in total. The number of aromatic nitrogens is 2. The molecule has 1 aromatic heterocycles. The van der Waals surface area contributed by atoms with Crippen LogP contribution in [0.15, 0.2) is 42.5 Å². The van der Waals surface area contributed by atoms with Crippen molar-refractivity contribution < 1.29 is 31.5 Å². The summed E-state index contributed by atoms with van der Waals surface area (Å²) in [7, 11) is 1.69.